The van der Waals surface area contributed by atoms with E-state index in [4.69, 9.17) is 0 Å². The third-order valence-electron chi connectivity index (χ3n) is 5.42. The van der Waals surface area contributed by atoms with Crippen molar-refractivity contribution in [1.82, 2.24) is 0 Å². The zero-order valence-electron chi connectivity index (χ0n) is 12.7. The number of benzene rings is 1. The van der Waals surface area contributed by atoms with Crippen molar-refractivity contribution in [3.8, 4) is 0 Å². The van der Waals surface area contributed by atoms with Crippen molar-refractivity contribution < 1.29 is 19.8 Å². The second-order valence-corrected chi connectivity index (χ2v) is 6.66. The van der Waals surface area contributed by atoms with Crippen molar-refractivity contribution in [2.45, 2.75) is 44.8 Å². The van der Waals surface area contributed by atoms with E-state index in [1.54, 1.807) is 24.3 Å². The normalized spacial score (nSPS) is 33.4. The number of aliphatic hydroxyl groups excluding tert-OH is 2. The Kier molecular flexibility index (Phi) is 4.15. The second kappa shape index (κ2) is 5.94. The van der Waals surface area contributed by atoms with Crippen LogP contribution in [0.3, 0.4) is 0 Å². The third kappa shape index (κ3) is 2.50. The highest BCUT2D eigenvalue weighted by Gasteiger charge is 2.42. The first-order chi connectivity index (χ1) is 10.5. The fourth-order valence-corrected chi connectivity index (χ4v) is 4.03. The summed E-state index contributed by atoms with van der Waals surface area (Å²) in [6, 6.07) is 6.96. The number of hydrogen-bond donors (Lipinski definition) is 2. The molecule has 0 aromatic heterocycles. The highest BCUT2D eigenvalue weighted by atomic mass is 16.3. The molecule has 0 saturated heterocycles. The molecular formula is C18H22O4. The highest BCUT2D eigenvalue weighted by Crippen LogP contribution is 2.39. The molecule has 2 aliphatic rings. The first-order valence-corrected chi connectivity index (χ1v) is 8.03. The van der Waals surface area contributed by atoms with Crippen LogP contribution < -0.4 is 0 Å². The van der Waals surface area contributed by atoms with Crippen molar-refractivity contribution in [3.05, 3.63) is 35.4 Å². The molecule has 1 aromatic rings. The monoisotopic (exact) mass is 302 g/mol. The summed E-state index contributed by atoms with van der Waals surface area (Å²) in [5, 5.41) is 20.1. The molecule has 2 N–H and O–H groups in total. The number of carbonyl (C=O) groups excluding carboxylic acids is 2. The minimum Gasteiger partial charge on any atom is -0.390 e. The van der Waals surface area contributed by atoms with Gasteiger partial charge in [-0.05, 0) is 24.7 Å². The van der Waals surface area contributed by atoms with Gasteiger partial charge in [0.2, 0.25) is 0 Å². The van der Waals surface area contributed by atoms with Gasteiger partial charge in [0, 0.05) is 23.5 Å². The number of fused-ring (bicyclic) bond motifs is 1. The Bertz CT molecular complexity index is 595. The molecular weight excluding hydrogens is 280 g/mol. The Labute approximate surface area is 130 Å². The minimum absolute atomic E-state index is 0.00195. The summed E-state index contributed by atoms with van der Waals surface area (Å²) < 4.78 is 0. The van der Waals surface area contributed by atoms with E-state index in [2.05, 4.69) is 0 Å². The Hall–Kier alpha value is -1.52. The molecule has 4 heteroatoms. The lowest BCUT2D eigenvalue weighted by Gasteiger charge is -2.39. The molecule has 1 saturated carbocycles. The van der Waals surface area contributed by atoms with Crippen LogP contribution in [0.4, 0.5) is 0 Å². The van der Waals surface area contributed by atoms with Crippen LogP contribution in [0.5, 0.6) is 0 Å². The first kappa shape index (κ1) is 15.4. The molecule has 1 aromatic carbocycles. The molecule has 5 atom stereocenters. The minimum atomic E-state index is -0.802. The van der Waals surface area contributed by atoms with Gasteiger partial charge in [-0.1, -0.05) is 37.6 Å². The predicted octanol–water partition coefficient (Wildman–Crippen LogP) is 2.23. The number of carbonyl (C=O) groups is 2. The smallest absolute Gasteiger partial charge is 0.167 e. The molecule has 0 amide bonds. The maximum atomic E-state index is 12.7. The van der Waals surface area contributed by atoms with Gasteiger partial charge in [0.05, 0.1) is 12.2 Å². The van der Waals surface area contributed by atoms with Crippen molar-refractivity contribution in [1.29, 1.82) is 0 Å². The van der Waals surface area contributed by atoms with E-state index in [-0.39, 0.29) is 29.8 Å². The van der Waals surface area contributed by atoms with E-state index in [0.29, 0.717) is 17.5 Å². The van der Waals surface area contributed by atoms with Crippen LogP contribution in [0.25, 0.3) is 0 Å². The quantitative estimate of drug-likeness (QED) is 0.878. The summed E-state index contributed by atoms with van der Waals surface area (Å²) in [5.74, 6) is -0.647. The summed E-state index contributed by atoms with van der Waals surface area (Å²) in [4.78, 5) is 25.0. The summed E-state index contributed by atoms with van der Waals surface area (Å²) in [7, 11) is 0. The van der Waals surface area contributed by atoms with Crippen LogP contribution in [0.1, 0.15) is 53.3 Å². The number of hydrogen-bond acceptors (Lipinski definition) is 4. The van der Waals surface area contributed by atoms with Gasteiger partial charge in [-0.15, -0.1) is 0 Å². The molecule has 0 heterocycles. The zero-order valence-corrected chi connectivity index (χ0v) is 12.7. The third-order valence-corrected chi connectivity index (χ3v) is 5.42. The lowest BCUT2D eigenvalue weighted by atomic mass is 9.67. The lowest BCUT2D eigenvalue weighted by molar-refractivity contribution is -0.0652. The van der Waals surface area contributed by atoms with Gasteiger partial charge in [-0.2, -0.15) is 0 Å². The fourth-order valence-electron chi connectivity index (χ4n) is 4.03. The van der Waals surface area contributed by atoms with Gasteiger partial charge >= 0.3 is 0 Å². The zero-order chi connectivity index (χ0) is 15.9. The van der Waals surface area contributed by atoms with Gasteiger partial charge in [-0.25, -0.2) is 0 Å². The van der Waals surface area contributed by atoms with E-state index in [1.165, 1.54) is 0 Å². The van der Waals surface area contributed by atoms with E-state index in [0.717, 1.165) is 12.8 Å². The maximum absolute atomic E-state index is 12.7. The van der Waals surface area contributed by atoms with Gasteiger partial charge in [0.15, 0.2) is 11.6 Å². The van der Waals surface area contributed by atoms with Crippen LogP contribution in [0.15, 0.2) is 24.3 Å². The van der Waals surface area contributed by atoms with Crippen LogP contribution >= 0.6 is 0 Å². The topological polar surface area (TPSA) is 74.6 Å². The number of Topliss-reactive ketones (excluding diaryl/α,β-unsaturated/α-hetero) is 2. The molecule has 0 spiro atoms. The van der Waals surface area contributed by atoms with Gasteiger partial charge in [0.1, 0.15) is 0 Å². The van der Waals surface area contributed by atoms with Crippen LogP contribution in [0, 0.1) is 17.8 Å². The van der Waals surface area contributed by atoms with Crippen LogP contribution in [0.2, 0.25) is 0 Å². The molecule has 22 heavy (non-hydrogen) atoms. The van der Waals surface area contributed by atoms with E-state index in [9.17, 15) is 19.8 Å². The Balaban J connectivity index is 1.86. The van der Waals surface area contributed by atoms with Crippen LogP contribution in [-0.2, 0) is 0 Å². The van der Waals surface area contributed by atoms with E-state index in [1.807, 2.05) is 6.92 Å². The number of ketones is 2. The highest BCUT2D eigenvalue weighted by molar-refractivity contribution is 6.14. The largest absolute Gasteiger partial charge is 0.390 e. The Morgan fingerprint density at radius 1 is 1.09 bits per heavy atom. The molecule has 118 valence electrons. The van der Waals surface area contributed by atoms with Crippen molar-refractivity contribution >= 4 is 11.6 Å². The summed E-state index contributed by atoms with van der Waals surface area (Å²) in [5.41, 5.74) is 1.02. The molecule has 0 bridgehead atoms. The second-order valence-electron chi connectivity index (χ2n) is 6.66. The van der Waals surface area contributed by atoms with Gasteiger partial charge < -0.3 is 10.2 Å². The fraction of sp³-hybridized carbons (Fsp3) is 0.556. The standard InChI is InChI=1S/C18H22O4/c1-10(11-7-4-8-15(19)18(11)22)14-9-16(20)12-5-2-3-6-13(12)17(14)21/h2-3,5-6,10-11,14-15,18-19,22H,4,7-9H2,1H3/t10-,11?,14?,15+,18-/m0/s1. The maximum Gasteiger partial charge on any atom is 0.167 e. The summed E-state index contributed by atoms with van der Waals surface area (Å²) in [6.45, 7) is 1.93. The van der Waals surface area contributed by atoms with Crippen LogP contribution in [-0.4, -0.2) is 34.0 Å². The lowest BCUT2D eigenvalue weighted by Crippen LogP contribution is -2.44. The van der Waals surface area contributed by atoms with Gasteiger partial charge in [0.25, 0.3) is 0 Å². The summed E-state index contributed by atoms with van der Waals surface area (Å²) in [6.07, 6.45) is 0.922. The Morgan fingerprint density at radius 3 is 2.50 bits per heavy atom. The molecule has 0 aliphatic heterocycles. The number of aliphatic hydroxyl groups is 2. The predicted molar refractivity (Wildman–Crippen MR) is 81.7 cm³/mol. The molecule has 4 nitrogen and oxygen atoms in total. The molecule has 2 aliphatic carbocycles. The number of rotatable bonds is 2. The molecule has 0 radical (unpaired) electrons. The average molecular weight is 302 g/mol. The van der Waals surface area contributed by atoms with Gasteiger partial charge in [-0.3, -0.25) is 9.59 Å². The molecule has 1 fully saturated rings. The average Bonchev–Trinajstić information content (AvgIpc) is 2.53. The SMILES string of the molecule is C[C@H](C1CC(=O)c2ccccc2C1=O)C1CCC[C@@H](O)[C@H]1O. The van der Waals surface area contributed by atoms with E-state index < -0.39 is 18.1 Å². The van der Waals surface area contributed by atoms with Crippen molar-refractivity contribution in [2.75, 3.05) is 0 Å². The molecule has 2 unspecified atom stereocenters. The van der Waals surface area contributed by atoms with Crippen molar-refractivity contribution in [3.63, 3.8) is 0 Å². The van der Waals surface area contributed by atoms with E-state index >= 15 is 0 Å². The Morgan fingerprint density at radius 2 is 1.77 bits per heavy atom. The molecule has 3 rings (SSSR count). The first-order valence-electron chi connectivity index (χ1n) is 8.03. The summed E-state index contributed by atoms with van der Waals surface area (Å²) >= 11 is 0. The van der Waals surface area contributed by atoms with Crippen molar-refractivity contribution in [2.24, 2.45) is 17.8 Å².